The van der Waals surface area contributed by atoms with Gasteiger partial charge in [0.1, 0.15) is 5.54 Å². The Morgan fingerprint density at radius 2 is 1.72 bits per heavy atom. The Kier molecular flexibility index (Phi) is 6.96. The van der Waals surface area contributed by atoms with Crippen molar-refractivity contribution in [3.63, 3.8) is 0 Å². The molecule has 3 aliphatic rings. The van der Waals surface area contributed by atoms with E-state index >= 15 is 0 Å². The Morgan fingerprint density at radius 1 is 1.03 bits per heavy atom. The molecule has 0 spiro atoms. The van der Waals surface area contributed by atoms with Crippen LogP contribution >= 0.6 is 0 Å². The highest BCUT2D eigenvalue weighted by atomic mass is 19.4. The highest BCUT2D eigenvalue weighted by molar-refractivity contribution is 5.79. The molecule has 6 nitrogen and oxygen atoms in total. The minimum Gasteiger partial charge on any atom is -0.450 e. The lowest BCUT2D eigenvalue weighted by Crippen LogP contribution is -2.64. The van der Waals surface area contributed by atoms with Crippen LogP contribution in [0.5, 0.6) is 0 Å². The Labute approximate surface area is 170 Å². The molecule has 0 aromatic carbocycles. The Balaban J connectivity index is 1.47. The molecule has 1 unspecified atom stereocenters. The lowest BCUT2D eigenvalue weighted by Gasteiger charge is -2.45. The van der Waals surface area contributed by atoms with E-state index in [1.807, 2.05) is 0 Å². The number of carbonyl (C=O) groups excluding carboxylic acids is 2. The van der Waals surface area contributed by atoms with Gasteiger partial charge in [-0.3, -0.25) is 4.79 Å². The summed E-state index contributed by atoms with van der Waals surface area (Å²) in [6.45, 7) is 4.92. The second-order valence-electron chi connectivity index (χ2n) is 8.50. The summed E-state index contributed by atoms with van der Waals surface area (Å²) in [6, 6.07) is 0.339. The van der Waals surface area contributed by atoms with E-state index < -0.39 is 17.6 Å². The first-order valence-corrected chi connectivity index (χ1v) is 10.8. The number of amides is 2. The van der Waals surface area contributed by atoms with Crippen LogP contribution in [-0.2, 0) is 9.53 Å². The molecule has 1 saturated carbocycles. The van der Waals surface area contributed by atoms with Gasteiger partial charge in [0.05, 0.1) is 6.61 Å². The third kappa shape index (κ3) is 4.98. The van der Waals surface area contributed by atoms with Gasteiger partial charge >= 0.3 is 12.3 Å². The normalized spacial score (nSPS) is 26.3. The maximum atomic E-state index is 13.3. The molecule has 2 amide bonds. The summed E-state index contributed by atoms with van der Waals surface area (Å²) in [5.41, 5.74) is -2.00. The molecule has 2 heterocycles. The second kappa shape index (κ2) is 9.10. The first-order chi connectivity index (χ1) is 13.8. The number of alkyl halides is 3. The number of hydrogen-bond donors (Lipinski definition) is 1. The predicted molar refractivity (Wildman–Crippen MR) is 101 cm³/mol. The lowest BCUT2D eigenvalue weighted by molar-refractivity contribution is -0.220. The van der Waals surface area contributed by atoms with Crippen LogP contribution in [-0.4, -0.2) is 72.3 Å². The minimum atomic E-state index is -4.38. The molecule has 3 rings (SSSR count). The summed E-state index contributed by atoms with van der Waals surface area (Å²) in [5, 5.41) is 2.33. The van der Waals surface area contributed by atoms with Gasteiger partial charge in [-0.25, -0.2) is 4.79 Å². The SMILES string of the molecule is CCOC(=O)N1CCCC(N2CCC(C(=O)NC3(C(F)(F)F)CCC3)CC2)CC1. The van der Waals surface area contributed by atoms with Crippen LogP contribution in [0.15, 0.2) is 0 Å². The van der Waals surface area contributed by atoms with E-state index in [1.165, 1.54) is 0 Å². The van der Waals surface area contributed by atoms with Gasteiger partial charge in [-0.2, -0.15) is 13.2 Å². The Bertz CT molecular complexity index is 587. The molecule has 0 aromatic heterocycles. The van der Waals surface area contributed by atoms with Gasteiger partial charge in [0.2, 0.25) is 5.91 Å². The lowest BCUT2D eigenvalue weighted by atomic mass is 9.75. The summed E-state index contributed by atoms with van der Waals surface area (Å²) in [7, 11) is 0. The third-order valence-corrected chi connectivity index (χ3v) is 6.75. The smallest absolute Gasteiger partial charge is 0.411 e. The monoisotopic (exact) mass is 419 g/mol. The average Bonchev–Trinajstić information content (AvgIpc) is 2.90. The minimum absolute atomic E-state index is 0.0138. The average molecular weight is 419 g/mol. The van der Waals surface area contributed by atoms with Crippen LogP contribution in [0.2, 0.25) is 0 Å². The first kappa shape index (κ1) is 22.2. The van der Waals surface area contributed by atoms with E-state index in [0.29, 0.717) is 58.1 Å². The number of nitrogens with zero attached hydrogens (tertiary/aromatic N) is 2. The molecule has 3 fully saturated rings. The standard InChI is InChI=1S/C20H32F3N3O3/c1-2-29-18(28)26-11-3-5-16(8-14-26)25-12-6-15(7-13-25)17(27)24-19(9-4-10-19)20(21,22)23/h15-16H,2-14H2,1H3,(H,24,27). The summed E-state index contributed by atoms with van der Waals surface area (Å²) in [5.74, 6) is -0.802. The number of ether oxygens (including phenoxy) is 1. The molecule has 1 atom stereocenters. The number of piperidine rings is 1. The number of nitrogens with one attached hydrogen (secondary N) is 1. The van der Waals surface area contributed by atoms with Gasteiger partial charge in [-0.1, -0.05) is 0 Å². The van der Waals surface area contributed by atoms with Crippen LogP contribution in [0.25, 0.3) is 0 Å². The van der Waals surface area contributed by atoms with Crippen molar-refractivity contribution in [2.24, 2.45) is 5.92 Å². The van der Waals surface area contributed by atoms with Gasteiger partial charge in [-0.15, -0.1) is 0 Å². The maximum Gasteiger partial charge on any atom is 0.411 e. The van der Waals surface area contributed by atoms with Crippen LogP contribution in [0.4, 0.5) is 18.0 Å². The molecule has 0 bridgehead atoms. The van der Waals surface area contributed by atoms with Crippen LogP contribution < -0.4 is 5.32 Å². The van der Waals surface area contributed by atoms with Crippen molar-refractivity contribution in [2.45, 2.75) is 76.0 Å². The predicted octanol–water partition coefficient (Wildman–Crippen LogP) is 3.31. The van der Waals surface area contributed by atoms with E-state index in [-0.39, 0.29) is 24.9 Å². The summed E-state index contributed by atoms with van der Waals surface area (Å²) < 4.78 is 45.0. The number of halogens is 3. The molecule has 0 radical (unpaired) electrons. The van der Waals surface area contributed by atoms with E-state index in [9.17, 15) is 22.8 Å². The van der Waals surface area contributed by atoms with Crippen LogP contribution in [0, 0.1) is 5.92 Å². The second-order valence-corrected chi connectivity index (χ2v) is 8.50. The van der Waals surface area contributed by atoms with Crippen molar-refractivity contribution in [1.29, 1.82) is 0 Å². The fourth-order valence-corrected chi connectivity index (χ4v) is 4.72. The molecule has 9 heteroatoms. The van der Waals surface area contributed by atoms with E-state index in [4.69, 9.17) is 4.74 Å². The Hall–Kier alpha value is -1.51. The largest absolute Gasteiger partial charge is 0.450 e. The highest BCUT2D eigenvalue weighted by Gasteiger charge is 2.59. The van der Waals surface area contributed by atoms with Gasteiger partial charge in [-0.05, 0) is 71.4 Å². The molecule has 1 N–H and O–H groups in total. The summed E-state index contributed by atoms with van der Waals surface area (Å²) in [4.78, 5) is 28.5. The van der Waals surface area contributed by atoms with Crippen LogP contribution in [0.3, 0.4) is 0 Å². The van der Waals surface area contributed by atoms with Gasteiger partial charge < -0.3 is 19.9 Å². The number of rotatable bonds is 4. The molecule has 29 heavy (non-hydrogen) atoms. The van der Waals surface area contributed by atoms with Crippen molar-refractivity contribution in [3.8, 4) is 0 Å². The molecular weight excluding hydrogens is 387 g/mol. The van der Waals surface area contributed by atoms with E-state index in [2.05, 4.69) is 10.2 Å². The fourth-order valence-electron chi connectivity index (χ4n) is 4.72. The number of hydrogen-bond acceptors (Lipinski definition) is 4. The van der Waals surface area contributed by atoms with Crippen molar-refractivity contribution in [2.75, 3.05) is 32.8 Å². The van der Waals surface area contributed by atoms with Crippen molar-refractivity contribution >= 4 is 12.0 Å². The van der Waals surface area contributed by atoms with Gasteiger partial charge in [0.15, 0.2) is 0 Å². The van der Waals surface area contributed by atoms with E-state index in [1.54, 1.807) is 11.8 Å². The van der Waals surface area contributed by atoms with Crippen LogP contribution in [0.1, 0.15) is 58.3 Å². The zero-order valence-corrected chi connectivity index (χ0v) is 17.1. The molecular formula is C20H32F3N3O3. The topological polar surface area (TPSA) is 61.9 Å². The fraction of sp³-hybridized carbons (Fsp3) is 0.900. The Morgan fingerprint density at radius 3 is 2.28 bits per heavy atom. The number of carbonyl (C=O) groups is 2. The molecule has 1 aliphatic carbocycles. The van der Waals surface area contributed by atoms with Gasteiger partial charge in [0.25, 0.3) is 0 Å². The van der Waals surface area contributed by atoms with E-state index in [0.717, 1.165) is 19.3 Å². The van der Waals surface area contributed by atoms with Crippen molar-refractivity contribution in [1.82, 2.24) is 15.1 Å². The molecule has 166 valence electrons. The maximum absolute atomic E-state index is 13.3. The summed E-state index contributed by atoms with van der Waals surface area (Å²) in [6.07, 6.45) is -0.279. The zero-order chi connectivity index (χ0) is 21.1. The zero-order valence-electron chi connectivity index (χ0n) is 17.1. The quantitative estimate of drug-likeness (QED) is 0.760. The van der Waals surface area contributed by atoms with Crippen molar-refractivity contribution in [3.05, 3.63) is 0 Å². The molecule has 2 aliphatic heterocycles. The summed E-state index contributed by atoms with van der Waals surface area (Å²) >= 11 is 0. The van der Waals surface area contributed by atoms with Gasteiger partial charge in [0, 0.05) is 25.0 Å². The molecule has 2 saturated heterocycles. The highest BCUT2D eigenvalue weighted by Crippen LogP contribution is 2.45. The first-order valence-electron chi connectivity index (χ1n) is 10.8. The van der Waals surface area contributed by atoms with Crippen molar-refractivity contribution < 1.29 is 27.5 Å². The third-order valence-electron chi connectivity index (χ3n) is 6.75. The number of likely N-dealkylation sites (tertiary alicyclic amines) is 2. The molecule has 0 aromatic rings.